The second-order valence-corrected chi connectivity index (χ2v) is 8.46. The number of rotatable bonds is 5. The summed E-state index contributed by atoms with van der Waals surface area (Å²) in [6.07, 6.45) is 2.03. The molecule has 116 valence electrons. The minimum Gasteiger partial charge on any atom is -0.478 e. The van der Waals surface area contributed by atoms with Gasteiger partial charge in [0, 0.05) is 11.8 Å². The third kappa shape index (κ3) is 3.84. The lowest BCUT2D eigenvalue weighted by Gasteiger charge is -2.13. The summed E-state index contributed by atoms with van der Waals surface area (Å²) in [7, 11) is -3.87. The van der Waals surface area contributed by atoms with Gasteiger partial charge >= 0.3 is 5.97 Å². The van der Waals surface area contributed by atoms with Crippen LogP contribution in [0, 0.1) is 0 Å². The summed E-state index contributed by atoms with van der Waals surface area (Å²) in [4.78, 5) is 10.8. The van der Waals surface area contributed by atoms with Crippen molar-refractivity contribution >= 4 is 51.0 Å². The van der Waals surface area contributed by atoms with E-state index in [9.17, 15) is 13.2 Å². The number of hydrogen-bond donors (Lipinski definition) is 2. The normalized spacial score (nSPS) is 18.9. The fourth-order valence-electron chi connectivity index (χ4n) is 2.02. The lowest BCUT2D eigenvalue weighted by molar-refractivity contribution is 0.0697. The number of halogens is 2. The summed E-state index contributed by atoms with van der Waals surface area (Å²) >= 11 is 13.4. The SMILES string of the molecule is O=C(O)c1c(Cl)ccc(S(=O)(=O)NCC2CCCS2)c1Cl. The highest BCUT2D eigenvalue weighted by molar-refractivity contribution is 8.00. The predicted octanol–water partition coefficient (Wildman–Crippen LogP) is 2.87. The molecule has 2 N–H and O–H groups in total. The van der Waals surface area contributed by atoms with Gasteiger partial charge < -0.3 is 5.11 Å². The van der Waals surface area contributed by atoms with Crippen LogP contribution < -0.4 is 4.72 Å². The third-order valence-corrected chi connectivity index (χ3v) is 6.77. The molecular weight excluding hydrogens is 357 g/mol. The van der Waals surface area contributed by atoms with Gasteiger partial charge in [0.2, 0.25) is 10.0 Å². The summed E-state index contributed by atoms with van der Waals surface area (Å²) in [5.74, 6) is -0.342. The van der Waals surface area contributed by atoms with E-state index in [1.54, 1.807) is 11.8 Å². The fraction of sp³-hybridized carbons (Fsp3) is 0.417. The van der Waals surface area contributed by atoms with E-state index in [0.717, 1.165) is 18.6 Å². The van der Waals surface area contributed by atoms with Gasteiger partial charge in [0.25, 0.3) is 0 Å². The van der Waals surface area contributed by atoms with Crippen molar-refractivity contribution in [2.45, 2.75) is 23.0 Å². The Morgan fingerprint density at radius 2 is 2.14 bits per heavy atom. The number of benzene rings is 1. The molecule has 0 saturated carbocycles. The fourth-order valence-corrected chi connectivity index (χ4v) is 5.33. The first kappa shape index (κ1) is 16.9. The first-order valence-electron chi connectivity index (χ1n) is 6.15. The number of carbonyl (C=O) groups is 1. The molecule has 0 spiro atoms. The maximum Gasteiger partial charge on any atom is 0.338 e. The number of hydrogen-bond acceptors (Lipinski definition) is 4. The molecule has 0 amide bonds. The van der Waals surface area contributed by atoms with Crippen LogP contribution in [-0.4, -0.2) is 37.0 Å². The van der Waals surface area contributed by atoms with E-state index >= 15 is 0 Å². The largest absolute Gasteiger partial charge is 0.478 e. The summed E-state index contributed by atoms with van der Waals surface area (Å²) in [5.41, 5.74) is -0.406. The monoisotopic (exact) mass is 369 g/mol. The van der Waals surface area contributed by atoms with Crippen LogP contribution in [0.3, 0.4) is 0 Å². The average molecular weight is 370 g/mol. The van der Waals surface area contributed by atoms with Crippen LogP contribution >= 0.6 is 35.0 Å². The predicted molar refractivity (Wildman–Crippen MR) is 84.1 cm³/mol. The van der Waals surface area contributed by atoms with E-state index in [0.29, 0.717) is 6.54 Å². The van der Waals surface area contributed by atoms with E-state index < -0.39 is 21.6 Å². The zero-order valence-corrected chi connectivity index (χ0v) is 13.9. The first-order valence-corrected chi connectivity index (χ1v) is 9.44. The smallest absolute Gasteiger partial charge is 0.338 e. The Balaban J connectivity index is 2.27. The quantitative estimate of drug-likeness (QED) is 0.833. The minimum atomic E-state index is -3.87. The molecule has 1 unspecified atom stereocenters. The molecule has 1 atom stereocenters. The maximum absolute atomic E-state index is 12.3. The molecule has 0 aliphatic carbocycles. The Bertz CT molecular complexity index is 657. The average Bonchev–Trinajstić information content (AvgIpc) is 2.88. The van der Waals surface area contributed by atoms with Crippen molar-refractivity contribution in [1.82, 2.24) is 4.72 Å². The second kappa shape index (κ2) is 6.75. The first-order chi connectivity index (χ1) is 9.83. The van der Waals surface area contributed by atoms with Gasteiger partial charge in [-0.2, -0.15) is 11.8 Å². The van der Waals surface area contributed by atoms with Crippen molar-refractivity contribution < 1.29 is 18.3 Å². The van der Waals surface area contributed by atoms with Crippen LogP contribution in [0.5, 0.6) is 0 Å². The Morgan fingerprint density at radius 1 is 1.43 bits per heavy atom. The van der Waals surface area contributed by atoms with E-state index in [2.05, 4.69) is 4.72 Å². The zero-order chi connectivity index (χ0) is 15.6. The van der Waals surface area contributed by atoms with Crippen molar-refractivity contribution in [3.63, 3.8) is 0 Å². The van der Waals surface area contributed by atoms with Gasteiger partial charge in [-0.25, -0.2) is 17.9 Å². The molecule has 1 aliphatic heterocycles. The van der Waals surface area contributed by atoms with Crippen LogP contribution in [0.25, 0.3) is 0 Å². The van der Waals surface area contributed by atoms with Crippen molar-refractivity contribution in [2.75, 3.05) is 12.3 Å². The Labute approximate surface area is 137 Å². The van der Waals surface area contributed by atoms with Crippen LogP contribution in [0.1, 0.15) is 23.2 Å². The minimum absolute atomic E-state index is 0.0993. The number of nitrogens with one attached hydrogen (secondary N) is 1. The Kier molecular flexibility index (Phi) is 5.43. The van der Waals surface area contributed by atoms with Crippen LogP contribution in [-0.2, 0) is 10.0 Å². The van der Waals surface area contributed by atoms with Gasteiger partial charge in [0.15, 0.2) is 0 Å². The van der Waals surface area contributed by atoms with Crippen molar-refractivity contribution in [3.05, 3.63) is 27.7 Å². The van der Waals surface area contributed by atoms with E-state index in [1.807, 2.05) is 0 Å². The number of carboxylic acids is 1. The van der Waals surface area contributed by atoms with Crippen molar-refractivity contribution in [3.8, 4) is 0 Å². The Hall–Kier alpha value is -0.470. The maximum atomic E-state index is 12.3. The van der Waals surface area contributed by atoms with E-state index in [4.69, 9.17) is 28.3 Å². The van der Waals surface area contributed by atoms with Gasteiger partial charge in [0.05, 0.1) is 15.6 Å². The van der Waals surface area contributed by atoms with Gasteiger partial charge in [-0.15, -0.1) is 0 Å². The highest BCUT2D eigenvalue weighted by Gasteiger charge is 2.26. The lowest BCUT2D eigenvalue weighted by atomic mass is 10.2. The summed E-state index contributed by atoms with van der Waals surface area (Å²) in [5, 5.41) is 8.82. The van der Waals surface area contributed by atoms with Crippen LogP contribution in [0.15, 0.2) is 17.0 Å². The lowest BCUT2D eigenvalue weighted by Crippen LogP contribution is -2.30. The molecule has 9 heteroatoms. The van der Waals surface area contributed by atoms with Crippen molar-refractivity contribution in [1.29, 1.82) is 0 Å². The molecule has 1 aromatic rings. The highest BCUT2D eigenvalue weighted by atomic mass is 35.5. The molecule has 0 radical (unpaired) electrons. The van der Waals surface area contributed by atoms with Gasteiger partial charge in [-0.05, 0) is 30.7 Å². The third-order valence-electron chi connectivity index (χ3n) is 3.08. The second-order valence-electron chi connectivity index (χ2n) is 4.53. The van der Waals surface area contributed by atoms with E-state index in [1.165, 1.54) is 12.1 Å². The molecule has 1 aliphatic rings. The molecule has 1 saturated heterocycles. The van der Waals surface area contributed by atoms with Crippen molar-refractivity contribution in [2.24, 2.45) is 0 Å². The molecule has 1 heterocycles. The standard InChI is InChI=1S/C12H13Cl2NO4S2/c13-8-3-4-9(11(14)10(8)12(16)17)21(18,19)15-6-7-2-1-5-20-7/h3-4,7,15H,1-2,5-6H2,(H,16,17). The molecule has 0 bridgehead atoms. The van der Waals surface area contributed by atoms with Gasteiger partial charge in [-0.1, -0.05) is 23.2 Å². The van der Waals surface area contributed by atoms with Gasteiger partial charge in [0.1, 0.15) is 4.90 Å². The number of thioether (sulfide) groups is 1. The molecule has 0 aromatic heterocycles. The topological polar surface area (TPSA) is 83.5 Å². The molecule has 1 aromatic carbocycles. The zero-order valence-electron chi connectivity index (χ0n) is 10.8. The van der Waals surface area contributed by atoms with Gasteiger partial charge in [-0.3, -0.25) is 0 Å². The number of carboxylic acid groups (broad SMARTS) is 1. The molecular formula is C12H13Cl2NO4S2. The van der Waals surface area contributed by atoms with Crippen LogP contribution in [0.2, 0.25) is 10.0 Å². The number of aromatic carboxylic acids is 1. The highest BCUT2D eigenvalue weighted by Crippen LogP contribution is 2.31. The molecule has 21 heavy (non-hydrogen) atoms. The molecule has 1 fully saturated rings. The Morgan fingerprint density at radius 3 is 2.71 bits per heavy atom. The summed E-state index contributed by atoms with van der Waals surface area (Å²) in [6, 6.07) is 2.43. The number of sulfonamides is 1. The molecule has 2 rings (SSSR count). The van der Waals surface area contributed by atoms with E-state index in [-0.39, 0.29) is 20.2 Å². The van der Waals surface area contributed by atoms with Crippen LogP contribution in [0.4, 0.5) is 0 Å². The summed E-state index contributed by atoms with van der Waals surface area (Å²) < 4.78 is 27.0. The summed E-state index contributed by atoms with van der Waals surface area (Å²) in [6.45, 7) is 0.300. The molecule has 5 nitrogen and oxygen atoms in total.